The van der Waals surface area contributed by atoms with Gasteiger partial charge in [0.2, 0.25) is 30.4 Å². The highest BCUT2D eigenvalue weighted by atomic mass is 16.2. The summed E-state index contributed by atoms with van der Waals surface area (Å²) in [6.07, 6.45) is 4.61. The minimum atomic E-state index is -0.508. The number of carbonyl (C=O) groups is 5. The van der Waals surface area contributed by atoms with Crippen molar-refractivity contribution in [2.45, 2.75) is 45.3 Å². The van der Waals surface area contributed by atoms with E-state index < -0.39 is 10.8 Å². The fraction of sp³-hybridized carbons (Fsp3) is 0.783. The van der Waals surface area contributed by atoms with Crippen LogP contribution in [0.2, 0.25) is 6.82 Å². The molecule has 7 aliphatic rings. The summed E-state index contributed by atoms with van der Waals surface area (Å²) in [5.41, 5.74) is -1.01. The Balaban J connectivity index is 1.24. The lowest BCUT2D eigenvalue weighted by Crippen LogP contribution is -2.49. The fourth-order valence-electron chi connectivity index (χ4n) is 10.2. The van der Waals surface area contributed by atoms with E-state index in [1.54, 1.807) is 7.05 Å². The molecule has 5 saturated carbocycles. The average molecular weight is 434 g/mol. The summed E-state index contributed by atoms with van der Waals surface area (Å²) in [5, 5.41) is 0. The minimum absolute atomic E-state index is 0.0293. The number of fused-ring (bicyclic) bond motifs is 12. The molecule has 2 heterocycles. The maximum absolute atomic E-state index is 14.4. The molecule has 2 aliphatic heterocycles. The fourth-order valence-corrected chi connectivity index (χ4v) is 10.2. The predicted molar refractivity (Wildman–Crippen MR) is 115 cm³/mol. The van der Waals surface area contributed by atoms with E-state index >= 15 is 0 Å². The van der Waals surface area contributed by atoms with Crippen LogP contribution < -0.4 is 0 Å². The molecule has 7 fully saturated rings. The second-order valence-electron chi connectivity index (χ2n) is 12.2. The van der Waals surface area contributed by atoms with Crippen molar-refractivity contribution in [1.29, 1.82) is 0 Å². The van der Waals surface area contributed by atoms with E-state index in [1.807, 2.05) is 14.6 Å². The first-order valence-electron chi connectivity index (χ1n) is 12.4. The molecule has 4 unspecified atom stereocenters. The summed E-state index contributed by atoms with van der Waals surface area (Å²) in [5.74, 6) is -0.942. The summed E-state index contributed by atoms with van der Waals surface area (Å²) in [4.78, 5) is 69.0. The quantitative estimate of drug-likeness (QED) is 0.428. The standard InChI is InChI=1S/C23H28B2N2O5/c1-25(24)27-19(30)14-10-6-12(16(14)20(27)31)23(8-10)4-3-22(21(23)32)7-9-5-11(22)15-13(9)17(28)26(2)18(15)29/h9-16H,3-8,24H2,1-2H3/t9?,10?,11-,12+,13?,14+,15+,16?,22-,23+/m1/s1. The normalized spacial score (nSPS) is 52.5. The molecule has 166 valence electrons. The van der Waals surface area contributed by atoms with Crippen LogP contribution in [0.4, 0.5) is 0 Å². The lowest BCUT2D eigenvalue weighted by molar-refractivity contribution is -0.145. The van der Waals surface area contributed by atoms with Gasteiger partial charge in [0.15, 0.2) is 0 Å². The number of Topliss-reactive ketones (excluding diaryl/α,β-unsaturated/α-hetero) is 1. The van der Waals surface area contributed by atoms with Gasteiger partial charge in [0.05, 0.1) is 23.7 Å². The lowest BCUT2D eigenvalue weighted by atomic mass is 9.43. The van der Waals surface area contributed by atoms with Crippen molar-refractivity contribution in [3.05, 3.63) is 0 Å². The molecular weight excluding hydrogens is 406 g/mol. The van der Waals surface area contributed by atoms with Crippen molar-refractivity contribution in [3.8, 4) is 0 Å². The highest BCUT2D eigenvalue weighted by molar-refractivity contribution is 7.03. The van der Waals surface area contributed by atoms with Crippen molar-refractivity contribution in [2.75, 3.05) is 7.05 Å². The number of hydrogen-bond acceptors (Lipinski definition) is 5. The molecule has 4 amide bonds. The number of ketones is 1. The highest BCUT2D eigenvalue weighted by Crippen LogP contribution is 2.75. The number of imide groups is 2. The van der Waals surface area contributed by atoms with Crippen LogP contribution in [0.5, 0.6) is 0 Å². The van der Waals surface area contributed by atoms with Crippen LogP contribution in [0.25, 0.3) is 0 Å². The summed E-state index contributed by atoms with van der Waals surface area (Å²) < 4.78 is 0. The molecule has 7 rings (SSSR count). The van der Waals surface area contributed by atoms with Crippen LogP contribution in [0.1, 0.15) is 38.5 Å². The first kappa shape index (κ1) is 19.5. The largest absolute Gasteiger partial charge is 0.337 e. The third-order valence-electron chi connectivity index (χ3n) is 11.2. The van der Waals surface area contributed by atoms with Crippen LogP contribution >= 0.6 is 0 Å². The number of carbonyl (C=O) groups excluding carboxylic acids is 5. The third-order valence-corrected chi connectivity index (χ3v) is 11.2. The Labute approximate surface area is 188 Å². The predicted octanol–water partition coefficient (Wildman–Crippen LogP) is -0.0150. The van der Waals surface area contributed by atoms with Crippen molar-refractivity contribution < 1.29 is 24.0 Å². The number of likely N-dealkylation sites (tertiary alicyclic amines) is 1. The first-order chi connectivity index (χ1) is 15.1. The SMILES string of the molecule is BB(C)N1C(=O)C2[C@@H](C1=O)C1C[C@@H]2[C@]2(CC[C@]3(CC4C[C@@H]3[C@@H]3C(=O)N(C)C(=O)C43)C2=O)C1. The number of amides is 4. The maximum Gasteiger partial charge on any atom is 0.233 e. The van der Waals surface area contributed by atoms with Gasteiger partial charge < -0.3 is 4.81 Å². The third kappa shape index (κ3) is 1.80. The van der Waals surface area contributed by atoms with E-state index in [2.05, 4.69) is 0 Å². The van der Waals surface area contributed by atoms with E-state index in [0.29, 0.717) is 0 Å². The summed E-state index contributed by atoms with van der Waals surface area (Å²) >= 11 is 0. The Morgan fingerprint density at radius 1 is 0.781 bits per heavy atom. The van der Waals surface area contributed by atoms with Crippen molar-refractivity contribution in [1.82, 2.24) is 9.71 Å². The Kier molecular flexibility index (Phi) is 3.41. The Morgan fingerprint density at radius 3 is 1.75 bits per heavy atom. The van der Waals surface area contributed by atoms with Crippen LogP contribution in [-0.2, 0) is 24.0 Å². The molecular formula is C23H28B2N2O5. The summed E-state index contributed by atoms with van der Waals surface area (Å²) in [6.45, 7) is 1.74. The van der Waals surface area contributed by atoms with Gasteiger partial charge in [-0.3, -0.25) is 28.9 Å². The zero-order valence-corrected chi connectivity index (χ0v) is 18.9. The maximum atomic E-state index is 14.4. The van der Waals surface area contributed by atoms with Gasteiger partial charge in [-0.2, -0.15) is 0 Å². The Morgan fingerprint density at radius 2 is 1.22 bits per heavy atom. The Bertz CT molecular complexity index is 1050. The molecule has 2 spiro atoms. The summed E-state index contributed by atoms with van der Waals surface area (Å²) in [6, 6.07) is 0. The van der Waals surface area contributed by atoms with Gasteiger partial charge in [-0.25, -0.2) is 0 Å². The van der Waals surface area contributed by atoms with Gasteiger partial charge in [0.25, 0.3) is 0 Å². The van der Waals surface area contributed by atoms with Gasteiger partial charge >= 0.3 is 0 Å². The van der Waals surface area contributed by atoms with E-state index in [4.69, 9.17) is 0 Å². The van der Waals surface area contributed by atoms with Gasteiger partial charge in [-0.1, -0.05) is 6.82 Å². The highest BCUT2D eigenvalue weighted by Gasteiger charge is 2.78. The topological polar surface area (TPSA) is 91.8 Å². The van der Waals surface area contributed by atoms with E-state index in [-0.39, 0.29) is 83.5 Å². The molecule has 0 aromatic heterocycles. The molecule has 5 aliphatic carbocycles. The second kappa shape index (κ2) is 5.58. The van der Waals surface area contributed by atoms with Crippen molar-refractivity contribution >= 4 is 43.9 Å². The molecule has 0 aromatic carbocycles. The van der Waals surface area contributed by atoms with Gasteiger partial charge in [0.1, 0.15) is 13.5 Å². The van der Waals surface area contributed by atoms with Crippen LogP contribution in [0.15, 0.2) is 0 Å². The second-order valence-corrected chi connectivity index (χ2v) is 12.2. The smallest absolute Gasteiger partial charge is 0.233 e. The van der Waals surface area contributed by atoms with Gasteiger partial charge in [-0.15, -0.1) is 0 Å². The zero-order valence-electron chi connectivity index (χ0n) is 18.9. The van der Waals surface area contributed by atoms with E-state index in [0.717, 1.165) is 38.5 Å². The van der Waals surface area contributed by atoms with Crippen molar-refractivity contribution in [2.24, 2.45) is 58.2 Å². The summed E-state index contributed by atoms with van der Waals surface area (Å²) in [7, 11) is 3.46. The van der Waals surface area contributed by atoms with Crippen LogP contribution in [0.3, 0.4) is 0 Å². The molecule has 4 bridgehead atoms. The monoisotopic (exact) mass is 434 g/mol. The number of nitrogens with zero attached hydrogens (tertiary/aromatic N) is 2. The molecule has 0 N–H and O–H groups in total. The zero-order chi connectivity index (χ0) is 22.5. The molecule has 0 aromatic rings. The van der Waals surface area contributed by atoms with Crippen LogP contribution in [0, 0.1) is 58.2 Å². The van der Waals surface area contributed by atoms with E-state index in [9.17, 15) is 24.0 Å². The van der Waals surface area contributed by atoms with Crippen molar-refractivity contribution in [3.63, 3.8) is 0 Å². The molecule has 2 saturated heterocycles. The molecule has 32 heavy (non-hydrogen) atoms. The van der Waals surface area contributed by atoms with Gasteiger partial charge in [0, 0.05) is 17.9 Å². The minimum Gasteiger partial charge on any atom is -0.337 e. The van der Waals surface area contributed by atoms with Gasteiger partial charge in [-0.05, 0) is 62.2 Å². The molecule has 7 nitrogen and oxygen atoms in total. The lowest BCUT2D eigenvalue weighted by Gasteiger charge is -2.42. The Hall–Kier alpha value is -1.92. The van der Waals surface area contributed by atoms with Crippen LogP contribution in [-0.4, -0.2) is 60.6 Å². The molecule has 0 radical (unpaired) electrons. The molecule has 9 heteroatoms. The number of rotatable bonds is 1. The average Bonchev–Trinajstić information content (AvgIpc) is 3.57. The van der Waals surface area contributed by atoms with E-state index in [1.165, 1.54) is 9.71 Å². The first-order valence-corrected chi connectivity index (χ1v) is 12.4. The number of hydrogen-bond donors (Lipinski definition) is 0. The molecule has 10 atom stereocenters.